The molecule has 74 valence electrons. The Morgan fingerprint density at radius 1 is 1.25 bits per heavy atom. The molecule has 0 saturated carbocycles. The average molecular weight is 190 g/mol. The molecule has 3 heteroatoms. The van der Waals surface area contributed by atoms with E-state index in [2.05, 4.69) is 13.8 Å². The van der Waals surface area contributed by atoms with Gasteiger partial charge in [0.1, 0.15) is 6.29 Å². The first kappa shape index (κ1) is 12.1. The summed E-state index contributed by atoms with van der Waals surface area (Å²) in [4.78, 5) is 0. The molecule has 0 aromatic carbocycles. The quantitative estimate of drug-likeness (QED) is 0.331. The molecule has 0 aliphatic rings. The van der Waals surface area contributed by atoms with Crippen LogP contribution in [-0.2, 0) is 9.16 Å². The van der Waals surface area contributed by atoms with Crippen molar-refractivity contribution in [1.82, 2.24) is 0 Å². The molecule has 0 aromatic heterocycles. The Kier molecular flexibility index (Phi) is 9.33. The minimum absolute atomic E-state index is 0.0820. The first-order valence-corrected chi connectivity index (χ1v) is 6.66. The molecule has 2 nitrogen and oxygen atoms in total. The van der Waals surface area contributed by atoms with E-state index in [9.17, 15) is 0 Å². The van der Waals surface area contributed by atoms with Crippen molar-refractivity contribution in [3.8, 4) is 0 Å². The van der Waals surface area contributed by atoms with E-state index in [1.807, 2.05) is 6.92 Å². The Labute approximate surface area is 78.6 Å². The SMILES string of the molecule is CCCC[SiH2]OC(CC)OCC. The van der Waals surface area contributed by atoms with Gasteiger partial charge >= 0.3 is 0 Å². The second kappa shape index (κ2) is 9.23. The van der Waals surface area contributed by atoms with Crippen molar-refractivity contribution in [2.24, 2.45) is 0 Å². The van der Waals surface area contributed by atoms with Crippen LogP contribution < -0.4 is 0 Å². The minimum Gasteiger partial charge on any atom is -0.400 e. The van der Waals surface area contributed by atoms with Crippen LogP contribution in [0.5, 0.6) is 0 Å². The maximum absolute atomic E-state index is 5.65. The summed E-state index contributed by atoms with van der Waals surface area (Å²) in [6.07, 6.45) is 3.65. The van der Waals surface area contributed by atoms with Crippen LogP contribution >= 0.6 is 0 Å². The highest BCUT2D eigenvalue weighted by Gasteiger charge is 2.03. The second-order valence-electron chi connectivity index (χ2n) is 2.87. The molecule has 0 N–H and O–H groups in total. The summed E-state index contributed by atoms with van der Waals surface area (Å²) < 4.78 is 11.0. The van der Waals surface area contributed by atoms with E-state index in [4.69, 9.17) is 9.16 Å². The smallest absolute Gasteiger partial charge is 0.165 e. The zero-order chi connectivity index (χ0) is 9.23. The van der Waals surface area contributed by atoms with Gasteiger partial charge in [-0.05, 0) is 19.4 Å². The third kappa shape index (κ3) is 6.82. The molecule has 0 amide bonds. The summed E-state index contributed by atoms with van der Waals surface area (Å²) >= 11 is 0. The number of unbranched alkanes of at least 4 members (excludes halogenated alkanes) is 1. The Balaban J connectivity index is 3.19. The van der Waals surface area contributed by atoms with Crippen LogP contribution in [0.4, 0.5) is 0 Å². The van der Waals surface area contributed by atoms with E-state index >= 15 is 0 Å². The molecule has 0 bridgehead atoms. The van der Waals surface area contributed by atoms with E-state index in [-0.39, 0.29) is 16.1 Å². The Hall–Kier alpha value is 0.137. The molecule has 12 heavy (non-hydrogen) atoms. The van der Waals surface area contributed by atoms with E-state index in [1.165, 1.54) is 18.9 Å². The average Bonchev–Trinajstić information content (AvgIpc) is 2.10. The molecule has 0 aromatic rings. The summed E-state index contributed by atoms with van der Waals surface area (Å²) in [6.45, 7) is 7.10. The lowest BCUT2D eigenvalue weighted by atomic mass is 10.4. The first-order chi connectivity index (χ1) is 5.85. The van der Waals surface area contributed by atoms with Crippen molar-refractivity contribution in [1.29, 1.82) is 0 Å². The largest absolute Gasteiger partial charge is 0.400 e. The number of hydrogen-bond donors (Lipinski definition) is 0. The zero-order valence-corrected chi connectivity index (χ0v) is 10.1. The van der Waals surface area contributed by atoms with Crippen LogP contribution in [-0.4, -0.2) is 22.7 Å². The van der Waals surface area contributed by atoms with Crippen LogP contribution in [0.15, 0.2) is 0 Å². The van der Waals surface area contributed by atoms with Gasteiger partial charge in [0.25, 0.3) is 0 Å². The van der Waals surface area contributed by atoms with Gasteiger partial charge in [-0.15, -0.1) is 0 Å². The Morgan fingerprint density at radius 2 is 2.00 bits per heavy atom. The van der Waals surface area contributed by atoms with Crippen LogP contribution in [0.1, 0.15) is 40.0 Å². The first-order valence-electron chi connectivity index (χ1n) is 5.08. The van der Waals surface area contributed by atoms with Gasteiger partial charge < -0.3 is 9.16 Å². The van der Waals surface area contributed by atoms with Crippen molar-refractivity contribution in [3.63, 3.8) is 0 Å². The van der Waals surface area contributed by atoms with Gasteiger partial charge in [-0.1, -0.05) is 26.7 Å². The molecule has 0 spiro atoms. The second-order valence-corrected chi connectivity index (χ2v) is 4.32. The van der Waals surface area contributed by atoms with Crippen molar-refractivity contribution in [2.45, 2.75) is 52.4 Å². The maximum Gasteiger partial charge on any atom is 0.165 e. The topological polar surface area (TPSA) is 18.5 Å². The molecule has 1 unspecified atom stereocenters. The number of hydrogen-bond acceptors (Lipinski definition) is 2. The molecule has 0 radical (unpaired) electrons. The van der Waals surface area contributed by atoms with Gasteiger partial charge in [-0.2, -0.15) is 0 Å². The minimum atomic E-state index is -0.303. The fourth-order valence-corrected chi connectivity index (χ4v) is 2.50. The van der Waals surface area contributed by atoms with Gasteiger partial charge in [-0.3, -0.25) is 0 Å². The van der Waals surface area contributed by atoms with E-state index in [0.29, 0.717) is 0 Å². The molecule has 1 atom stereocenters. The highest BCUT2D eigenvalue weighted by Crippen LogP contribution is 2.01. The predicted molar refractivity (Wildman–Crippen MR) is 55.0 cm³/mol. The van der Waals surface area contributed by atoms with E-state index < -0.39 is 0 Å². The highest BCUT2D eigenvalue weighted by molar-refractivity contribution is 6.27. The van der Waals surface area contributed by atoms with Crippen molar-refractivity contribution in [2.75, 3.05) is 6.61 Å². The van der Waals surface area contributed by atoms with Gasteiger partial charge in [0.2, 0.25) is 0 Å². The summed E-state index contributed by atoms with van der Waals surface area (Å²) in [5, 5.41) is 0. The zero-order valence-electron chi connectivity index (χ0n) is 8.64. The van der Waals surface area contributed by atoms with Crippen molar-refractivity contribution in [3.05, 3.63) is 0 Å². The van der Waals surface area contributed by atoms with E-state index in [1.54, 1.807) is 0 Å². The molecule has 0 aliphatic carbocycles. The standard InChI is InChI=1S/C9H22O2Si/c1-4-7-8-12-11-9(5-2)10-6-3/h9H,4-8,12H2,1-3H3. The molecular weight excluding hydrogens is 168 g/mol. The summed E-state index contributed by atoms with van der Waals surface area (Å²) in [5.74, 6) is 0. The van der Waals surface area contributed by atoms with E-state index in [0.717, 1.165) is 13.0 Å². The van der Waals surface area contributed by atoms with Crippen LogP contribution in [0.2, 0.25) is 6.04 Å². The van der Waals surface area contributed by atoms with Gasteiger partial charge in [0, 0.05) is 6.61 Å². The summed E-state index contributed by atoms with van der Waals surface area (Å²) in [7, 11) is -0.303. The lowest BCUT2D eigenvalue weighted by Crippen LogP contribution is -2.18. The third-order valence-corrected chi connectivity index (χ3v) is 3.13. The molecular formula is C9H22O2Si. The lowest BCUT2D eigenvalue weighted by molar-refractivity contribution is -0.0761. The lowest BCUT2D eigenvalue weighted by Gasteiger charge is -2.15. The fourth-order valence-electron chi connectivity index (χ4n) is 1.04. The summed E-state index contributed by atoms with van der Waals surface area (Å²) in [5.41, 5.74) is 0. The van der Waals surface area contributed by atoms with Gasteiger partial charge in [0.15, 0.2) is 9.76 Å². The molecule has 0 aliphatic heterocycles. The van der Waals surface area contributed by atoms with Gasteiger partial charge in [0.05, 0.1) is 0 Å². The molecule has 0 rings (SSSR count). The monoisotopic (exact) mass is 190 g/mol. The molecule has 0 fully saturated rings. The predicted octanol–water partition coefficient (Wildman–Crippen LogP) is 2.08. The maximum atomic E-state index is 5.65. The fraction of sp³-hybridized carbons (Fsp3) is 1.00. The van der Waals surface area contributed by atoms with Gasteiger partial charge in [-0.25, -0.2) is 0 Å². The number of ether oxygens (including phenoxy) is 1. The van der Waals surface area contributed by atoms with Crippen LogP contribution in [0.25, 0.3) is 0 Å². The third-order valence-electron chi connectivity index (χ3n) is 1.74. The number of rotatable bonds is 8. The van der Waals surface area contributed by atoms with Crippen LogP contribution in [0.3, 0.4) is 0 Å². The molecule has 0 saturated heterocycles. The van der Waals surface area contributed by atoms with Crippen molar-refractivity contribution >= 4 is 9.76 Å². The van der Waals surface area contributed by atoms with Crippen LogP contribution in [0, 0.1) is 0 Å². The van der Waals surface area contributed by atoms with Crippen molar-refractivity contribution < 1.29 is 9.16 Å². The normalized spacial score (nSPS) is 14.2. The Bertz CT molecular complexity index is 88.6. The molecule has 0 heterocycles. The highest BCUT2D eigenvalue weighted by atomic mass is 28.2. The summed E-state index contributed by atoms with van der Waals surface area (Å²) in [6, 6.07) is 1.29. The Morgan fingerprint density at radius 3 is 2.50 bits per heavy atom.